The summed E-state index contributed by atoms with van der Waals surface area (Å²) >= 11 is 0. The molecule has 72 valence electrons. The molecule has 0 atom stereocenters. The zero-order chi connectivity index (χ0) is 10.0. The number of aromatic nitrogens is 2. The van der Waals surface area contributed by atoms with Gasteiger partial charge in [-0.05, 0) is 12.8 Å². The van der Waals surface area contributed by atoms with Crippen LogP contribution >= 0.6 is 0 Å². The van der Waals surface area contributed by atoms with Crippen molar-refractivity contribution in [3.63, 3.8) is 0 Å². The number of nitrogens with two attached hydrogens (primary N) is 1. The molecule has 0 aliphatic rings. The van der Waals surface area contributed by atoms with E-state index < -0.39 is 0 Å². The average Bonchev–Trinajstić information content (AvgIpc) is 2.28. The molecule has 0 unspecified atom stereocenters. The second-order valence-corrected chi connectivity index (χ2v) is 3.61. The van der Waals surface area contributed by atoms with E-state index in [1.165, 1.54) is 4.68 Å². The first-order chi connectivity index (χ1) is 6.00. The van der Waals surface area contributed by atoms with Gasteiger partial charge in [-0.1, -0.05) is 13.8 Å². The van der Waals surface area contributed by atoms with Gasteiger partial charge in [0, 0.05) is 12.5 Å². The zero-order valence-corrected chi connectivity index (χ0v) is 8.24. The molecule has 0 spiro atoms. The summed E-state index contributed by atoms with van der Waals surface area (Å²) < 4.78 is 1.27. The summed E-state index contributed by atoms with van der Waals surface area (Å²) in [6.07, 6.45) is 0.477. The van der Waals surface area contributed by atoms with Crippen molar-refractivity contribution in [2.75, 3.05) is 5.73 Å². The average molecular weight is 181 g/mol. The minimum atomic E-state index is -0.0411. The molecular formula is C9H15N3O. The van der Waals surface area contributed by atoms with E-state index in [1.54, 1.807) is 6.07 Å². The monoisotopic (exact) mass is 181 g/mol. The van der Waals surface area contributed by atoms with E-state index in [0.717, 1.165) is 5.69 Å². The number of hydrogen-bond acceptors (Lipinski definition) is 3. The third kappa shape index (κ3) is 2.31. The van der Waals surface area contributed by atoms with Gasteiger partial charge in [0.1, 0.15) is 5.82 Å². The van der Waals surface area contributed by atoms with Crippen LogP contribution in [-0.4, -0.2) is 15.7 Å². The maximum absolute atomic E-state index is 11.5. The Labute approximate surface area is 77.7 Å². The smallest absolute Gasteiger partial charge is 0.249 e. The van der Waals surface area contributed by atoms with E-state index in [1.807, 2.05) is 20.8 Å². The molecule has 0 amide bonds. The number of hydrogen-bond donors (Lipinski definition) is 1. The van der Waals surface area contributed by atoms with Gasteiger partial charge in [0.2, 0.25) is 5.91 Å². The largest absolute Gasteiger partial charge is 0.383 e. The third-order valence-corrected chi connectivity index (χ3v) is 1.68. The summed E-state index contributed by atoms with van der Waals surface area (Å²) in [4.78, 5) is 11.5. The van der Waals surface area contributed by atoms with Gasteiger partial charge in [0.15, 0.2) is 0 Å². The van der Waals surface area contributed by atoms with Crippen LogP contribution in [0.4, 0.5) is 5.82 Å². The number of nitrogens with zero attached hydrogens (tertiary/aromatic N) is 2. The van der Waals surface area contributed by atoms with Gasteiger partial charge in [0.25, 0.3) is 0 Å². The van der Waals surface area contributed by atoms with Crippen LogP contribution < -0.4 is 5.73 Å². The molecule has 0 fully saturated rings. The van der Waals surface area contributed by atoms with Crippen LogP contribution in [0.1, 0.15) is 30.8 Å². The molecule has 0 radical (unpaired) electrons. The van der Waals surface area contributed by atoms with Crippen molar-refractivity contribution in [3.8, 4) is 0 Å². The van der Waals surface area contributed by atoms with Crippen molar-refractivity contribution in [1.82, 2.24) is 9.78 Å². The van der Waals surface area contributed by atoms with E-state index in [4.69, 9.17) is 5.73 Å². The Morgan fingerprint density at radius 3 is 2.69 bits per heavy atom. The van der Waals surface area contributed by atoms with Gasteiger partial charge >= 0.3 is 0 Å². The second-order valence-electron chi connectivity index (χ2n) is 3.61. The zero-order valence-electron chi connectivity index (χ0n) is 8.24. The Bertz CT molecular complexity index is 315. The summed E-state index contributed by atoms with van der Waals surface area (Å²) in [6, 6.07) is 1.69. The Hall–Kier alpha value is -1.32. The van der Waals surface area contributed by atoms with Crippen LogP contribution in [0.5, 0.6) is 0 Å². The van der Waals surface area contributed by atoms with Gasteiger partial charge in [-0.15, -0.1) is 0 Å². The molecule has 0 aliphatic carbocycles. The molecule has 0 aromatic carbocycles. The molecule has 0 aliphatic heterocycles. The second kappa shape index (κ2) is 3.60. The highest BCUT2D eigenvalue weighted by Crippen LogP contribution is 2.09. The van der Waals surface area contributed by atoms with E-state index in [2.05, 4.69) is 5.10 Å². The summed E-state index contributed by atoms with van der Waals surface area (Å²) in [5.41, 5.74) is 6.37. The lowest BCUT2D eigenvalue weighted by Gasteiger charge is -2.04. The lowest BCUT2D eigenvalue weighted by Crippen LogP contribution is -2.16. The molecule has 2 N–H and O–H groups in total. The number of nitrogen functional groups attached to an aromatic ring is 1. The summed E-state index contributed by atoms with van der Waals surface area (Å²) in [6.45, 7) is 5.80. The first-order valence-corrected chi connectivity index (χ1v) is 4.36. The molecule has 4 heteroatoms. The van der Waals surface area contributed by atoms with Crippen LogP contribution in [0.2, 0.25) is 0 Å². The van der Waals surface area contributed by atoms with Crippen LogP contribution in [0.3, 0.4) is 0 Å². The normalized spacial score (nSPS) is 10.8. The first-order valence-electron chi connectivity index (χ1n) is 4.36. The Morgan fingerprint density at radius 1 is 1.69 bits per heavy atom. The van der Waals surface area contributed by atoms with Gasteiger partial charge in [-0.2, -0.15) is 9.78 Å². The highest BCUT2D eigenvalue weighted by atomic mass is 16.2. The predicted molar refractivity (Wildman–Crippen MR) is 51.5 cm³/mol. The summed E-state index contributed by atoms with van der Waals surface area (Å²) in [5.74, 6) is 0.708. The minimum Gasteiger partial charge on any atom is -0.383 e. The fourth-order valence-corrected chi connectivity index (χ4v) is 1.15. The summed E-state index contributed by atoms with van der Waals surface area (Å²) in [5, 5.41) is 4.01. The highest BCUT2D eigenvalue weighted by Gasteiger charge is 2.11. The molecular weight excluding hydrogens is 166 g/mol. The van der Waals surface area contributed by atoms with Crippen molar-refractivity contribution in [3.05, 3.63) is 11.8 Å². The Balaban J connectivity index is 2.82. The standard InChI is InChI=1S/C9H15N3O/c1-6(2)4-9(13)12-8(10)5-7(3)11-12/h5-6H,4,10H2,1-3H3. The molecule has 4 nitrogen and oxygen atoms in total. The fraction of sp³-hybridized carbons (Fsp3) is 0.556. The van der Waals surface area contributed by atoms with Crippen molar-refractivity contribution in [1.29, 1.82) is 0 Å². The fourth-order valence-electron chi connectivity index (χ4n) is 1.15. The number of rotatable bonds is 2. The van der Waals surface area contributed by atoms with Crippen LogP contribution in [-0.2, 0) is 0 Å². The van der Waals surface area contributed by atoms with Gasteiger partial charge in [-0.3, -0.25) is 4.79 Å². The SMILES string of the molecule is Cc1cc(N)n(C(=O)CC(C)C)n1. The van der Waals surface area contributed by atoms with E-state index in [9.17, 15) is 4.79 Å². The van der Waals surface area contributed by atoms with Crippen molar-refractivity contribution < 1.29 is 4.79 Å². The van der Waals surface area contributed by atoms with E-state index in [0.29, 0.717) is 18.2 Å². The lowest BCUT2D eigenvalue weighted by atomic mass is 10.1. The van der Waals surface area contributed by atoms with Crippen LogP contribution in [0.15, 0.2) is 6.07 Å². The predicted octanol–water partition coefficient (Wildman–Crippen LogP) is 1.46. The molecule has 1 aromatic rings. The number of carbonyl (C=O) groups excluding carboxylic acids is 1. The highest BCUT2D eigenvalue weighted by molar-refractivity contribution is 5.81. The molecule has 1 aromatic heterocycles. The van der Waals surface area contributed by atoms with Crippen molar-refractivity contribution in [2.24, 2.45) is 5.92 Å². The molecule has 13 heavy (non-hydrogen) atoms. The van der Waals surface area contributed by atoms with E-state index >= 15 is 0 Å². The Kier molecular flexibility index (Phi) is 2.70. The number of anilines is 1. The molecule has 1 heterocycles. The number of aryl methyl sites for hydroxylation is 1. The van der Waals surface area contributed by atoms with Gasteiger partial charge in [0.05, 0.1) is 5.69 Å². The van der Waals surface area contributed by atoms with Crippen molar-refractivity contribution >= 4 is 11.7 Å². The quantitative estimate of drug-likeness (QED) is 0.751. The molecule has 1 rings (SSSR count). The topological polar surface area (TPSA) is 60.9 Å². The van der Waals surface area contributed by atoms with Crippen LogP contribution in [0, 0.1) is 12.8 Å². The molecule has 0 saturated heterocycles. The minimum absolute atomic E-state index is 0.0411. The maximum atomic E-state index is 11.5. The van der Waals surface area contributed by atoms with Gasteiger partial charge < -0.3 is 5.73 Å². The maximum Gasteiger partial charge on any atom is 0.249 e. The van der Waals surface area contributed by atoms with Gasteiger partial charge in [-0.25, -0.2) is 0 Å². The third-order valence-electron chi connectivity index (χ3n) is 1.68. The van der Waals surface area contributed by atoms with Crippen LogP contribution in [0.25, 0.3) is 0 Å². The molecule has 0 bridgehead atoms. The number of carbonyl (C=O) groups is 1. The van der Waals surface area contributed by atoms with Crippen molar-refractivity contribution in [2.45, 2.75) is 27.2 Å². The molecule has 0 saturated carbocycles. The Morgan fingerprint density at radius 2 is 2.31 bits per heavy atom. The van der Waals surface area contributed by atoms with E-state index in [-0.39, 0.29) is 5.91 Å². The lowest BCUT2D eigenvalue weighted by molar-refractivity contribution is 0.0873. The summed E-state index contributed by atoms with van der Waals surface area (Å²) in [7, 11) is 0. The first kappa shape index (κ1) is 9.77.